The summed E-state index contributed by atoms with van der Waals surface area (Å²) in [5, 5.41) is 0. The molecule has 0 radical (unpaired) electrons. The maximum absolute atomic E-state index is 4.73. The molecule has 0 atom stereocenters. The summed E-state index contributed by atoms with van der Waals surface area (Å²) in [4.78, 5) is 4.73. The summed E-state index contributed by atoms with van der Waals surface area (Å²) in [5.74, 6) is 0. The van der Waals surface area contributed by atoms with Gasteiger partial charge in [-0.2, -0.15) is 0 Å². The summed E-state index contributed by atoms with van der Waals surface area (Å²) in [7, 11) is 0. The van der Waals surface area contributed by atoms with Gasteiger partial charge in [0.05, 0.1) is 5.69 Å². The Labute approximate surface area is 162 Å². The van der Waals surface area contributed by atoms with E-state index in [-0.39, 0.29) is 0 Å². The van der Waals surface area contributed by atoms with Crippen molar-refractivity contribution in [2.24, 2.45) is 4.99 Å². The van der Waals surface area contributed by atoms with E-state index in [0.29, 0.717) is 6.04 Å². The minimum absolute atomic E-state index is 0.672. The highest BCUT2D eigenvalue weighted by atomic mass is 15.0. The first-order valence-corrected chi connectivity index (χ1v) is 10.1. The minimum atomic E-state index is 0.672. The Kier molecular flexibility index (Phi) is 5.24. The lowest BCUT2D eigenvalue weighted by molar-refractivity contribution is 0.346. The van der Waals surface area contributed by atoms with E-state index in [4.69, 9.17) is 4.99 Å². The van der Waals surface area contributed by atoms with Gasteiger partial charge in [0.15, 0.2) is 0 Å². The summed E-state index contributed by atoms with van der Waals surface area (Å²) in [5.41, 5.74) is 7.42. The highest BCUT2D eigenvalue weighted by Gasteiger charge is 2.19. The van der Waals surface area contributed by atoms with Crippen LogP contribution in [-0.4, -0.2) is 10.8 Å². The van der Waals surface area contributed by atoms with Crippen LogP contribution < -0.4 is 0 Å². The van der Waals surface area contributed by atoms with E-state index >= 15 is 0 Å². The zero-order valence-corrected chi connectivity index (χ0v) is 16.4. The molecule has 0 bridgehead atoms. The van der Waals surface area contributed by atoms with E-state index in [2.05, 4.69) is 73.0 Å². The Balaban J connectivity index is 1.53. The highest BCUT2D eigenvalue weighted by Crippen LogP contribution is 2.32. The van der Waals surface area contributed by atoms with E-state index in [1.54, 1.807) is 0 Å². The number of aliphatic imine (C=N–C) groups is 1. The molecule has 3 aromatic rings. The van der Waals surface area contributed by atoms with Gasteiger partial charge in [-0.05, 0) is 56.0 Å². The van der Waals surface area contributed by atoms with Crippen LogP contribution in [0.15, 0.2) is 65.7 Å². The second kappa shape index (κ2) is 7.96. The largest absolute Gasteiger partial charge is 0.345 e. The van der Waals surface area contributed by atoms with Crippen LogP contribution >= 0.6 is 0 Å². The number of rotatable bonds is 4. The molecule has 0 unspecified atom stereocenters. The van der Waals surface area contributed by atoms with Gasteiger partial charge in [-0.3, -0.25) is 4.99 Å². The zero-order valence-electron chi connectivity index (χ0n) is 16.4. The van der Waals surface area contributed by atoms with Crippen molar-refractivity contribution in [2.75, 3.05) is 0 Å². The first kappa shape index (κ1) is 17.8. The van der Waals surface area contributed by atoms with E-state index < -0.39 is 0 Å². The van der Waals surface area contributed by atoms with Gasteiger partial charge in [0.2, 0.25) is 0 Å². The SMILES string of the molecule is Cc1cc(C=Nc2ccc(-c3ccccc3)cc2)c(C)n1C1CCCCC1. The van der Waals surface area contributed by atoms with Crippen LogP contribution in [0.3, 0.4) is 0 Å². The van der Waals surface area contributed by atoms with Crippen LogP contribution in [0.25, 0.3) is 11.1 Å². The molecular formula is C25H28N2. The van der Waals surface area contributed by atoms with Gasteiger partial charge in [0.25, 0.3) is 0 Å². The van der Waals surface area contributed by atoms with Gasteiger partial charge in [-0.25, -0.2) is 0 Å². The monoisotopic (exact) mass is 356 g/mol. The zero-order chi connectivity index (χ0) is 18.6. The molecule has 1 aliphatic carbocycles. The molecule has 0 saturated heterocycles. The predicted octanol–water partition coefficient (Wildman–Crippen LogP) is 7.03. The number of hydrogen-bond acceptors (Lipinski definition) is 1. The Morgan fingerprint density at radius 2 is 1.52 bits per heavy atom. The Hall–Kier alpha value is -2.61. The summed E-state index contributed by atoms with van der Waals surface area (Å²) < 4.78 is 2.54. The third kappa shape index (κ3) is 3.90. The normalized spacial score (nSPS) is 15.5. The smallest absolute Gasteiger partial charge is 0.0630 e. The van der Waals surface area contributed by atoms with Crippen molar-refractivity contribution in [1.82, 2.24) is 4.57 Å². The first-order chi connectivity index (χ1) is 13.2. The fraction of sp³-hybridized carbons (Fsp3) is 0.320. The molecule has 1 fully saturated rings. The van der Waals surface area contributed by atoms with E-state index in [1.807, 2.05) is 12.3 Å². The van der Waals surface area contributed by atoms with Crippen molar-refractivity contribution in [3.63, 3.8) is 0 Å². The van der Waals surface area contributed by atoms with Crippen molar-refractivity contribution in [3.8, 4) is 11.1 Å². The van der Waals surface area contributed by atoms with Crippen molar-refractivity contribution in [1.29, 1.82) is 0 Å². The lowest BCUT2D eigenvalue weighted by Crippen LogP contribution is -2.15. The molecule has 1 heterocycles. The van der Waals surface area contributed by atoms with Gasteiger partial charge in [-0.15, -0.1) is 0 Å². The molecular weight excluding hydrogens is 328 g/mol. The molecule has 0 spiro atoms. The third-order valence-electron chi connectivity index (χ3n) is 5.79. The molecule has 0 N–H and O–H groups in total. The summed E-state index contributed by atoms with van der Waals surface area (Å²) >= 11 is 0. The fourth-order valence-corrected chi connectivity index (χ4v) is 4.35. The Bertz CT molecular complexity index is 911. The van der Waals surface area contributed by atoms with E-state index in [9.17, 15) is 0 Å². The number of aromatic nitrogens is 1. The van der Waals surface area contributed by atoms with Crippen LogP contribution in [0, 0.1) is 13.8 Å². The van der Waals surface area contributed by atoms with Gasteiger partial charge >= 0.3 is 0 Å². The summed E-state index contributed by atoms with van der Waals surface area (Å²) in [6.07, 6.45) is 8.77. The topological polar surface area (TPSA) is 17.3 Å². The van der Waals surface area contributed by atoms with Crippen LogP contribution in [0.4, 0.5) is 5.69 Å². The Morgan fingerprint density at radius 1 is 0.852 bits per heavy atom. The molecule has 2 nitrogen and oxygen atoms in total. The van der Waals surface area contributed by atoms with Crippen molar-refractivity contribution in [3.05, 3.63) is 77.6 Å². The van der Waals surface area contributed by atoms with E-state index in [1.165, 1.54) is 60.2 Å². The highest BCUT2D eigenvalue weighted by molar-refractivity contribution is 5.84. The second-order valence-corrected chi connectivity index (χ2v) is 7.66. The Morgan fingerprint density at radius 3 is 2.22 bits per heavy atom. The van der Waals surface area contributed by atoms with Crippen molar-refractivity contribution >= 4 is 11.9 Å². The number of hydrogen-bond donors (Lipinski definition) is 0. The van der Waals surface area contributed by atoms with Crippen LogP contribution in [0.2, 0.25) is 0 Å². The van der Waals surface area contributed by atoms with Crippen molar-refractivity contribution < 1.29 is 0 Å². The average molecular weight is 357 g/mol. The number of nitrogens with zero attached hydrogens (tertiary/aromatic N) is 2. The fourth-order valence-electron chi connectivity index (χ4n) is 4.35. The molecule has 2 heteroatoms. The molecule has 1 aliphatic rings. The lowest BCUT2D eigenvalue weighted by atomic mass is 9.95. The molecule has 27 heavy (non-hydrogen) atoms. The van der Waals surface area contributed by atoms with Crippen molar-refractivity contribution in [2.45, 2.75) is 52.0 Å². The molecule has 1 saturated carbocycles. The molecule has 1 aromatic heterocycles. The van der Waals surface area contributed by atoms with Crippen LogP contribution in [0.1, 0.15) is 55.1 Å². The minimum Gasteiger partial charge on any atom is -0.345 e. The number of benzene rings is 2. The molecule has 2 aromatic carbocycles. The van der Waals surface area contributed by atoms with Gasteiger partial charge in [0.1, 0.15) is 0 Å². The molecule has 138 valence electrons. The maximum Gasteiger partial charge on any atom is 0.0630 e. The maximum atomic E-state index is 4.73. The lowest BCUT2D eigenvalue weighted by Gasteiger charge is -2.26. The van der Waals surface area contributed by atoms with Crippen LogP contribution in [-0.2, 0) is 0 Å². The van der Waals surface area contributed by atoms with E-state index in [0.717, 1.165) is 5.69 Å². The molecule has 4 rings (SSSR count). The number of aryl methyl sites for hydroxylation is 1. The van der Waals surface area contributed by atoms with Crippen LogP contribution in [0.5, 0.6) is 0 Å². The average Bonchev–Trinajstić information content (AvgIpc) is 3.01. The summed E-state index contributed by atoms with van der Waals surface area (Å²) in [6.45, 7) is 4.47. The van der Waals surface area contributed by atoms with Gasteiger partial charge in [0, 0.05) is 29.2 Å². The second-order valence-electron chi connectivity index (χ2n) is 7.66. The quantitative estimate of drug-likeness (QED) is 0.447. The standard InChI is InChI=1S/C25H28N2/c1-19-17-23(20(2)27(19)25-11-7-4-8-12-25)18-26-24-15-13-22(14-16-24)21-9-5-3-6-10-21/h3,5-6,9-10,13-18,25H,4,7-8,11-12H2,1-2H3. The molecule has 0 aliphatic heterocycles. The predicted molar refractivity (Wildman–Crippen MR) is 115 cm³/mol. The van der Waals surface area contributed by atoms with Gasteiger partial charge < -0.3 is 4.57 Å². The van der Waals surface area contributed by atoms with Gasteiger partial charge in [-0.1, -0.05) is 61.7 Å². The first-order valence-electron chi connectivity index (χ1n) is 10.1. The molecule has 0 amide bonds. The summed E-state index contributed by atoms with van der Waals surface area (Å²) in [6, 6.07) is 21.9. The third-order valence-corrected chi connectivity index (χ3v) is 5.79.